The fraction of sp³-hybridized carbons (Fsp3) is 0.625. The van der Waals surface area contributed by atoms with E-state index in [9.17, 15) is 14.4 Å². The van der Waals surface area contributed by atoms with Crippen molar-refractivity contribution in [2.24, 2.45) is 5.73 Å². The number of carbonyl (C=O) groups is 3. The van der Waals surface area contributed by atoms with Gasteiger partial charge in [-0.05, 0) is 6.92 Å². The standard InChI is InChI=1S/C8H15N3O3/c1-5(8(9)14)10-7(13)4-11(3)6(2)12/h5H,4H2,1-3H3,(H2,9,14)(H,10,13)/t5-/m1/s1. The second-order valence-corrected chi connectivity index (χ2v) is 3.07. The highest BCUT2D eigenvalue weighted by molar-refractivity contribution is 5.88. The van der Waals surface area contributed by atoms with Gasteiger partial charge in [-0.1, -0.05) is 0 Å². The van der Waals surface area contributed by atoms with Crippen molar-refractivity contribution in [1.82, 2.24) is 10.2 Å². The van der Waals surface area contributed by atoms with Crippen molar-refractivity contribution in [2.75, 3.05) is 13.6 Å². The number of amides is 3. The molecule has 0 rings (SSSR count). The molecule has 0 fully saturated rings. The number of primary amides is 1. The van der Waals surface area contributed by atoms with Crippen LogP contribution in [0.2, 0.25) is 0 Å². The number of likely N-dealkylation sites (N-methyl/N-ethyl adjacent to an activating group) is 1. The van der Waals surface area contributed by atoms with Crippen LogP contribution < -0.4 is 11.1 Å². The number of nitrogens with zero attached hydrogens (tertiary/aromatic N) is 1. The Bertz CT molecular complexity index is 228. The van der Waals surface area contributed by atoms with E-state index in [1.807, 2.05) is 0 Å². The lowest BCUT2D eigenvalue weighted by Crippen LogP contribution is -2.46. The van der Waals surface area contributed by atoms with E-state index in [0.29, 0.717) is 0 Å². The molecule has 1 atom stereocenters. The minimum atomic E-state index is -0.720. The van der Waals surface area contributed by atoms with E-state index in [1.54, 1.807) is 0 Å². The molecule has 6 heteroatoms. The fourth-order valence-corrected chi connectivity index (χ4v) is 0.685. The van der Waals surface area contributed by atoms with Crippen molar-refractivity contribution in [3.63, 3.8) is 0 Å². The SMILES string of the molecule is CC(=O)N(C)CC(=O)N[C@H](C)C(N)=O. The minimum Gasteiger partial charge on any atom is -0.368 e. The summed E-state index contributed by atoms with van der Waals surface area (Å²) in [4.78, 5) is 33.7. The highest BCUT2D eigenvalue weighted by atomic mass is 16.2. The third-order valence-electron chi connectivity index (χ3n) is 1.72. The molecule has 0 heterocycles. The Morgan fingerprint density at radius 1 is 1.43 bits per heavy atom. The van der Waals surface area contributed by atoms with Gasteiger partial charge in [-0.2, -0.15) is 0 Å². The molecule has 0 saturated heterocycles. The predicted molar refractivity (Wildman–Crippen MR) is 50.1 cm³/mol. The summed E-state index contributed by atoms with van der Waals surface area (Å²) in [6.45, 7) is 2.76. The van der Waals surface area contributed by atoms with E-state index >= 15 is 0 Å². The van der Waals surface area contributed by atoms with E-state index in [4.69, 9.17) is 5.73 Å². The molecule has 0 aromatic rings. The van der Waals surface area contributed by atoms with Crippen LogP contribution >= 0.6 is 0 Å². The lowest BCUT2D eigenvalue weighted by molar-refractivity contribution is -0.134. The molecule has 0 radical (unpaired) electrons. The normalized spacial score (nSPS) is 11.6. The molecule has 0 aliphatic rings. The van der Waals surface area contributed by atoms with Crippen molar-refractivity contribution in [3.05, 3.63) is 0 Å². The second kappa shape index (κ2) is 5.21. The maximum Gasteiger partial charge on any atom is 0.240 e. The Morgan fingerprint density at radius 3 is 2.29 bits per heavy atom. The average Bonchev–Trinajstić information content (AvgIpc) is 2.03. The first-order valence-corrected chi connectivity index (χ1v) is 4.15. The van der Waals surface area contributed by atoms with Crippen molar-refractivity contribution in [2.45, 2.75) is 19.9 Å². The highest BCUT2D eigenvalue weighted by Gasteiger charge is 2.14. The Labute approximate surface area is 82.4 Å². The third kappa shape index (κ3) is 4.44. The molecule has 3 amide bonds. The van der Waals surface area contributed by atoms with Gasteiger partial charge < -0.3 is 16.0 Å². The summed E-state index contributed by atoms with van der Waals surface area (Å²) in [5.41, 5.74) is 4.94. The van der Waals surface area contributed by atoms with Gasteiger partial charge >= 0.3 is 0 Å². The zero-order chi connectivity index (χ0) is 11.3. The van der Waals surface area contributed by atoms with Gasteiger partial charge in [-0.15, -0.1) is 0 Å². The molecule has 0 aromatic heterocycles. The third-order valence-corrected chi connectivity index (χ3v) is 1.72. The van der Waals surface area contributed by atoms with Crippen LogP contribution in [-0.2, 0) is 14.4 Å². The summed E-state index contributed by atoms with van der Waals surface area (Å²) in [7, 11) is 1.50. The number of hydrogen-bond donors (Lipinski definition) is 2. The van der Waals surface area contributed by atoms with Gasteiger partial charge in [-0.3, -0.25) is 14.4 Å². The van der Waals surface area contributed by atoms with Crippen molar-refractivity contribution in [1.29, 1.82) is 0 Å². The Balaban J connectivity index is 3.99. The van der Waals surface area contributed by atoms with Crippen LogP contribution in [-0.4, -0.2) is 42.3 Å². The number of hydrogen-bond acceptors (Lipinski definition) is 3. The first-order chi connectivity index (χ1) is 6.34. The smallest absolute Gasteiger partial charge is 0.240 e. The first kappa shape index (κ1) is 12.4. The molecule has 0 aliphatic heterocycles. The maximum atomic E-state index is 11.2. The fourth-order valence-electron chi connectivity index (χ4n) is 0.685. The van der Waals surface area contributed by atoms with Gasteiger partial charge in [0.1, 0.15) is 6.04 Å². The number of carbonyl (C=O) groups excluding carboxylic acids is 3. The summed E-state index contributed by atoms with van der Waals surface area (Å²) in [5, 5.41) is 2.36. The van der Waals surface area contributed by atoms with E-state index in [0.717, 1.165) is 0 Å². The molecule has 0 saturated carbocycles. The molecular weight excluding hydrogens is 186 g/mol. The molecule has 80 valence electrons. The Kier molecular flexibility index (Phi) is 4.62. The number of rotatable bonds is 4. The summed E-state index contributed by atoms with van der Waals surface area (Å²) in [6, 6.07) is -0.720. The van der Waals surface area contributed by atoms with Gasteiger partial charge in [0.25, 0.3) is 0 Å². The van der Waals surface area contributed by atoms with Crippen LogP contribution in [0.15, 0.2) is 0 Å². The monoisotopic (exact) mass is 201 g/mol. The Morgan fingerprint density at radius 2 is 1.93 bits per heavy atom. The lowest BCUT2D eigenvalue weighted by Gasteiger charge is -2.16. The summed E-state index contributed by atoms with van der Waals surface area (Å²) >= 11 is 0. The van der Waals surface area contributed by atoms with Crippen LogP contribution in [0, 0.1) is 0 Å². The highest BCUT2D eigenvalue weighted by Crippen LogP contribution is 1.85. The van der Waals surface area contributed by atoms with Gasteiger partial charge in [0, 0.05) is 14.0 Å². The minimum absolute atomic E-state index is 0.0764. The van der Waals surface area contributed by atoms with Gasteiger partial charge in [0.15, 0.2) is 0 Å². The second-order valence-electron chi connectivity index (χ2n) is 3.07. The first-order valence-electron chi connectivity index (χ1n) is 4.15. The molecule has 6 nitrogen and oxygen atoms in total. The van der Waals surface area contributed by atoms with E-state index in [2.05, 4.69) is 5.32 Å². The van der Waals surface area contributed by atoms with Crippen LogP contribution in [0.1, 0.15) is 13.8 Å². The zero-order valence-corrected chi connectivity index (χ0v) is 8.53. The molecule has 0 aromatic carbocycles. The zero-order valence-electron chi connectivity index (χ0n) is 8.53. The maximum absolute atomic E-state index is 11.2. The topological polar surface area (TPSA) is 92.5 Å². The van der Waals surface area contributed by atoms with Gasteiger partial charge in [-0.25, -0.2) is 0 Å². The number of nitrogens with one attached hydrogen (secondary N) is 1. The van der Waals surface area contributed by atoms with E-state index in [-0.39, 0.29) is 12.5 Å². The van der Waals surface area contributed by atoms with Crippen molar-refractivity contribution < 1.29 is 14.4 Å². The van der Waals surface area contributed by atoms with Crippen LogP contribution in [0.5, 0.6) is 0 Å². The van der Waals surface area contributed by atoms with Gasteiger partial charge in [0.2, 0.25) is 17.7 Å². The molecule has 0 spiro atoms. The molecule has 0 aliphatic carbocycles. The van der Waals surface area contributed by atoms with Gasteiger partial charge in [0.05, 0.1) is 6.54 Å². The summed E-state index contributed by atoms with van der Waals surface area (Å²) in [5.74, 6) is -1.23. The van der Waals surface area contributed by atoms with Crippen LogP contribution in [0.4, 0.5) is 0 Å². The quantitative estimate of drug-likeness (QED) is 0.577. The molecule has 0 bridgehead atoms. The largest absolute Gasteiger partial charge is 0.368 e. The van der Waals surface area contributed by atoms with E-state index < -0.39 is 17.9 Å². The van der Waals surface area contributed by atoms with Crippen LogP contribution in [0.3, 0.4) is 0 Å². The lowest BCUT2D eigenvalue weighted by atomic mass is 10.3. The predicted octanol–water partition coefficient (Wildman–Crippen LogP) is -1.55. The Hall–Kier alpha value is -1.59. The molecule has 3 N–H and O–H groups in total. The van der Waals surface area contributed by atoms with E-state index in [1.165, 1.54) is 25.8 Å². The molecule has 14 heavy (non-hydrogen) atoms. The van der Waals surface area contributed by atoms with Crippen LogP contribution in [0.25, 0.3) is 0 Å². The molecule has 0 unspecified atom stereocenters. The summed E-state index contributed by atoms with van der Waals surface area (Å²) < 4.78 is 0. The van der Waals surface area contributed by atoms with Crippen molar-refractivity contribution >= 4 is 17.7 Å². The average molecular weight is 201 g/mol. The summed E-state index contributed by atoms with van der Waals surface area (Å²) in [6.07, 6.45) is 0. The molecular formula is C8H15N3O3. The van der Waals surface area contributed by atoms with Crippen molar-refractivity contribution in [3.8, 4) is 0 Å². The number of nitrogens with two attached hydrogens (primary N) is 1.